The Morgan fingerprint density at radius 1 is 1.15 bits per heavy atom. The molecule has 3 rings (SSSR count). The molecule has 0 amide bonds. The summed E-state index contributed by atoms with van der Waals surface area (Å²) in [5.74, 6) is 0.704. The summed E-state index contributed by atoms with van der Waals surface area (Å²) in [5.41, 5.74) is 1.59. The molecular weight excluding hydrogens is 346 g/mol. The third-order valence-electron chi connectivity index (χ3n) is 4.49. The fraction of sp³-hybridized carbons (Fsp3) is 0.286. The second kappa shape index (κ2) is 7.76. The maximum atomic E-state index is 12.7. The highest BCUT2D eigenvalue weighted by molar-refractivity contribution is 7.95. The smallest absolute Gasteiger partial charge is 0.216 e. The molecule has 0 heterocycles. The summed E-state index contributed by atoms with van der Waals surface area (Å²) in [5, 5.41) is 9.41. The summed E-state index contributed by atoms with van der Waals surface area (Å²) in [7, 11) is -3.84. The lowest BCUT2D eigenvalue weighted by Gasteiger charge is -2.13. The minimum Gasteiger partial charge on any atom is -0.490 e. The molecule has 1 aliphatic rings. The van der Waals surface area contributed by atoms with Crippen molar-refractivity contribution in [2.75, 3.05) is 0 Å². The predicted octanol–water partition coefficient (Wildman–Crippen LogP) is 4.65. The van der Waals surface area contributed by atoms with Crippen molar-refractivity contribution in [1.82, 2.24) is 0 Å². The number of nitriles is 1. The number of aryl methyl sites for hydroxylation is 1. The van der Waals surface area contributed by atoms with E-state index in [4.69, 9.17) is 4.74 Å². The van der Waals surface area contributed by atoms with Crippen LogP contribution in [0, 0.1) is 18.3 Å². The van der Waals surface area contributed by atoms with Gasteiger partial charge >= 0.3 is 0 Å². The quantitative estimate of drug-likeness (QED) is 0.721. The maximum Gasteiger partial charge on any atom is 0.216 e. The van der Waals surface area contributed by atoms with Crippen molar-refractivity contribution >= 4 is 15.9 Å². The van der Waals surface area contributed by atoms with Crippen molar-refractivity contribution in [3.63, 3.8) is 0 Å². The van der Waals surface area contributed by atoms with E-state index in [1.54, 1.807) is 24.3 Å². The Hall–Kier alpha value is -2.58. The van der Waals surface area contributed by atoms with Gasteiger partial charge in [-0.3, -0.25) is 0 Å². The molecule has 0 radical (unpaired) electrons. The zero-order valence-electron chi connectivity index (χ0n) is 14.7. The summed E-state index contributed by atoms with van der Waals surface area (Å²) < 4.78 is 31.4. The molecule has 5 heteroatoms. The third-order valence-corrected chi connectivity index (χ3v) is 6.17. The van der Waals surface area contributed by atoms with Gasteiger partial charge in [0.25, 0.3) is 0 Å². The first-order valence-electron chi connectivity index (χ1n) is 8.69. The third kappa shape index (κ3) is 4.14. The van der Waals surface area contributed by atoms with Gasteiger partial charge in [0.1, 0.15) is 16.7 Å². The van der Waals surface area contributed by atoms with Crippen LogP contribution in [0.3, 0.4) is 0 Å². The van der Waals surface area contributed by atoms with Gasteiger partial charge in [0.2, 0.25) is 9.84 Å². The van der Waals surface area contributed by atoms with Crippen molar-refractivity contribution in [3.05, 3.63) is 64.6 Å². The lowest BCUT2D eigenvalue weighted by atomic mass is 10.2. The van der Waals surface area contributed by atoms with E-state index in [-0.39, 0.29) is 15.9 Å². The number of hydrogen-bond donors (Lipinski definition) is 0. The molecule has 4 nitrogen and oxygen atoms in total. The lowest BCUT2D eigenvalue weighted by molar-refractivity contribution is 0.210. The van der Waals surface area contributed by atoms with Crippen molar-refractivity contribution in [2.24, 2.45) is 0 Å². The first-order chi connectivity index (χ1) is 12.5. The van der Waals surface area contributed by atoms with Crippen LogP contribution in [0.15, 0.2) is 58.3 Å². The van der Waals surface area contributed by atoms with Crippen LogP contribution < -0.4 is 4.74 Å². The van der Waals surface area contributed by atoms with E-state index >= 15 is 0 Å². The van der Waals surface area contributed by atoms with Crippen molar-refractivity contribution < 1.29 is 13.2 Å². The maximum absolute atomic E-state index is 12.7. The Morgan fingerprint density at radius 2 is 1.85 bits per heavy atom. The van der Waals surface area contributed by atoms with E-state index in [1.165, 1.54) is 31.1 Å². The molecule has 0 bridgehead atoms. The van der Waals surface area contributed by atoms with E-state index in [2.05, 4.69) is 0 Å². The van der Waals surface area contributed by atoms with Gasteiger partial charge in [0.15, 0.2) is 0 Å². The van der Waals surface area contributed by atoms with Gasteiger partial charge in [-0.25, -0.2) is 8.42 Å². The van der Waals surface area contributed by atoms with E-state index in [1.807, 2.05) is 25.1 Å². The Labute approximate surface area is 154 Å². The standard InChI is InChI=1S/C21H21NO3S/c1-16-9-11-20(12-10-16)26(23,24)21(15-22)14-17-5-4-8-19(13-17)25-18-6-2-3-7-18/h4-5,8-14,18H,2-3,6-7H2,1H3. The van der Waals surface area contributed by atoms with E-state index in [0.29, 0.717) is 11.3 Å². The van der Waals surface area contributed by atoms with Gasteiger partial charge in [0.05, 0.1) is 11.0 Å². The number of rotatable bonds is 5. The number of allylic oxidation sites excluding steroid dienone is 1. The molecule has 0 aliphatic heterocycles. The molecular formula is C21H21NO3S. The Balaban J connectivity index is 1.89. The number of benzene rings is 2. The van der Waals surface area contributed by atoms with Gasteiger partial charge in [0, 0.05) is 0 Å². The number of ether oxygens (including phenoxy) is 1. The SMILES string of the molecule is Cc1ccc(S(=O)(=O)C(C#N)=Cc2cccc(OC3CCCC3)c2)cc1. The summed E-state index contributed by atoms with van der Waals surface area (Å²) in [6.45, 7) is 1.88. The van der Waals surface area contributed by atoms with Crippen molar-refractivity contribution in [3.8, 4) is 11.8 Å². The zero-order valence-corrected chi connectivity index (χ0v) is 15.5. The Kier molecular flexibility index (Phi) is 5.43. The monoisotopic (exact) mass is 367 g/mol. The first-order valence-corrected chi connectivity index (χ1v) is 10.2. The molecule has 1 aliphatic carbocycles. The Bertz CT molecular complexity index is 947. The average molecular weight is 367 g/mol. The minimum absolute atomic E-state index is 0.120. The van der Waals surface area contributed by atoms with Crippen LogP contribution in [0.1, 0.15) is 36.8 Å². The van der Waals surface area contributed by atoms with Crippen molar-refractivity contribution in [1.29, 1.82) is 5.26 Å². The van der Waals surface area contributed by atoms with Gasteiger partial charge < -0.3 is 4.74 Å². The topological polar surface area (TPSA) is 67.2 Å². The fourth-order valence-corrected chi connectivity index (χ4v) is 4.20. The van der Waals surface area contributed by atoms with Crippen LogP contribution >= 0.6 is 0 Å². The summed E-state index contributed by atoms with van der Waals surface area (Å²) in [6, 6.07) is 15.5. The molecule has 0 aromatic heterocycles. The number of sulfone groups is 1. The van der Waals surface area contributed by atoms with Gasteiger partial charge in [-0.1, -0.05) is 29.8 Å². The normalized spacial score (nSPS) is 15.6. The second-order valence-electron chi connectivity index (χ2n) is 6.53. The minimum atomic E-state index is -3.84. The van der Waals surface area contributed by atoms with Gasteiger partial charge in [-0.05, 0) is 68.5 Å². The molecule has 0 N–H and O–H groups in total. The van der Waals surface area contributed by atoms with Crippen LogP contribution in [0.25, 0.3) is 6.08 Å². The molecule has 2 aromatic rings. The fourth-order valence-electron chi connectivity index (χ4n) is 3.04. The number of hydrogen-bond acceptors (Lipinski definition) is 4. The average Bonchev–Trinajstić information content (AvgIpc) is 3.13. The van der Waals surface area contributed by atoms with Crippen LogP contribution in [0.2, 0.25) is 0 Å². The van der Waals surface area contributed by atoms with Gasteiger partial charge in [-0.15, -0.1) is 0 Å². The molecule has 0 unspecified atom stereocenters. The van der Waals surface area contributed by atoms with Crippen molar-refractivity contribution in [2.45, 2.75) is 43.6 Å². The van der Waals surface area contributed by atoms with Crippen LogP contribution in [-0.4, -0.2) is 14.5 Å². The molecule has 1 fully saturated rings. The first kappa shape index (κ1) is 18.2. The van der Waals surface area contributed by atoms with Crippen LogP contribution in [-0.2, 0) is 9.84 Å². The summed E-state index contributed by atoms with van der Waals surface area (Å²) >= 11 is 0. The van der Waals surface area contributed by atoms with Gasteiger partial charge in [-0.2, -0.15) is 5.26 Å². The Morgan fingerprint density at radius 3 is 2.50 bits per heavy atom. The highest BCUT2D eigenvalue weighted by Crippen LogP contribution is 2.26. The van der Waals surface area contributed by atoms with E-state index in [0.717, 1.165) is 18.4 Å². The molecule has 26 heavy (non-hydrogen) atoms. The molecule has 0 saturated heterocycles. The van der Waals surface area contributed by atoms with E-state index < -0.39 is 9.84 Å². The molecule has 0 atom stereocenters. The summed E-state index contributed by atoms with van der Waals surface area (Å²) in [6.07, 6.45) is 6.07. The van der Waals surface area contributed by atoms with E-state index in [9.17, 15) is 13.7 Å². The molecule has 1 saturated carbocycles. The highest BCUT2D eigenvalue weighted by Gasteiger charge is 2.21. The molecule has 2 aromatic carbocycles. The number of nitrogens with zero attached hydrogens (tertiary/aromatic N) is 1. The largest absolute Gasteiger partial charge is 0.490 e. The van der Waals surface area contributed by atoms with Crippen LogP contribution in [0.4, 0.5) is 0 Å². The van der Waals surface area contributed by atoms with Crippen LogP contribution in [0.5, 0.6) is 5.75 Å². The predicted molar refractivity (Wildman–Crippen MR) is 101 cm³/mol. The summed E-state index contributed by atoms with van der Waals surface area (Å²) in [4.78, 5) is -0.159. The second-order valence-corrected chi connectivity index (χ2v) is 8.45. The zero-order chi connectivity index (χ0) is 18.6. The molecule has 134 valence electrons. The highest BCUT2D eigenvalue weighted by atomic mass is 32.2. The lowest BCUT2D eigenvalue weighted by Crippen LogP contribution is -2.10. The molecule has 0 spiro atoms.